The Balaban J connectivity index is 1.91. The van der Waals surface area contributed by atoms with Gasteiger partial charge in [0.2, 0.25) is 0 Å². The first-order valence-electron chi connectivity index (χ1n) is 5.30. The van der Waals surface area contributed by atoms with Crippen molar-refractivity contribution in [3.05, 3.63) is 12.7 Å². The van der Waals surface area contributed by atoms with Gasteiger partial charge in [0.25, 0.3) is 0 Å². The van der Waals surface area contributed by atoms with E-state index in [0.717, 1.165) is 13.2 Å². The Morgan fingerprint density at radius 3 is 3.15 bits per heavy atom. The molecular weight excluding hydrogens is 162 g/mol. The topological polar surface area (TPSA) is 21.3 Å². The Morgan fingerprint density at radius 1 is 1.69 bits per heavy atom. The third-order valence-electron chi connectivity index (χ3n) is 2.55. The van der Waals surface area contributed by atoms with Crippen LogP contribution in [0.5, 0.6) is 0 Å². The van der Waals surface area contributed by atoms with Crippen LogP contribution in [0.15, 0.2) is 12.7 Å². The summed E-state index contributed by atoms with van der Waals surface area (Å²) in [7, 11) is 0. The molecular formula is C11H21NO. The van der Waals surface area contributed by atoms with Crippen molar-refractivity contribution < 1.29 is 4.74 Å². The van der Waals surface area contributed by atoms with Gasteiger partial charge in [0, 0.05) is 12.6 Å². The molecule has 0 aromatic heterocycles. The predicted octanol–water partition coefficient (Wildman–Crippen LogP) is 2.11. The second-order valence-corrected chi connectivity index (χ2v) is 3.76. The van der Waals surface area contributed by atoms with Crippen LogP contribution < -0.4 is 5.32 Å². The fraction of sp³-hybridized carbons (Fsp3) is 0.818. The van der Waals surface area contributed by atoms with Crippen LogP contribution in [0.3, 0.4) is 0 Å². The molecule has 2 atom stereocenters. The summed E-state index contributed by atoms with van der Waals surface area (Å²) in [4.78, 5) is 0. The predicted molar refractivity (Wildman–Crippen MR) is 55.9 cm³/mol. The lowest BCUT2D eigenvalue weighted by Crippen LogP contribution is -2.25. The monoisotopic (exact) mass is 183 g/mol. The maximum absolute atomic E-state index is 5.54. The smallest absolute Gasteiger partial charge is 0.0576 e. The van der Waals surface area contributed by atoms with Gasteiger partial charge in [-0.3, -0.25) is 0 Å². The minimum Gasteiger partial charge on any atom is -0.378 e. The van der Waals surface area contributed by atoms with Gasteiger partial charge in [-0.2, -0.15) is 0 Å². The summed E-state index contributed by atoms with van der Waals surface area (Å²) in [6, 6.07) is 0.435. The molecule has 1 heterocycles. The highest BCUT2D eigenvalue weighted by Crippen LogP contribution is 2.16. The van der Waals surface area contributed by atoms with E-state index in [1.165, 1.54) is 25.7 Å². The van der Waals surface area contributed by atoms with Gasteiger partial charge in [0.05, 0.1) is 6.10 Å². The molecule has 1 aliphatic rings. The molecule has 2 unspecified atom stereocenters. The summed E-state index contributed by atoms with van der Waals surface area (Å²) in [5, 5.41) is 3.38. The number of ether oxygens (including phenoxy) is 1. The molecule has 2 heteroatoms. The second-order valence-electron chi connectivity index (χ2n) is 3.76. The number of hydrogen-bond donors (Lipinski definition) is 1. The minimum atomic E-state index is 0.435. The highest BCUT2D eigenvalue weighted by atomic mass is 16.5. The molecule has 1 fully saturated rings. The molecule has 0 aromatic rings. The highest BCUT2D eigenvalue weighted by molar-refractivity contribution is 4.81. The van der Waals surface area contributed by atoms with Crippen LogP contribution in [0, 0.1) is 0 Å². The van der Waals surface area contributed by atoms with Crippen molar-refractivity contribution >= 4 is 0 Å². The maximum Gasteiger partial charge on any atom is 0.0576 e. The third kappa shape index (κ3) is 4.44. The molecule has 0 aliphatic carbocycles. The Labute approximate surface area is 81.4 Å². The van der Waals surface area contributed by atoms with E-state index in [1.807, 2.05) is 6.08 Å². The zero-order valence-electron chi connectivity index (χ0n) is 8.59. The van der Waals surface area contributed by atoms with Crippen LogP contribution in [-0.4, -0.2) is 25.3 Å². The molecule has 0 saturated carbocycles. The first kappa shape index (κ1) is 10.7. The molecule has 0 bridgehead atoms. The average molecular weight is 183 g/mol. The summed E-state index contributed by atoms with van der Waals surface area (Å²) >= 11 is 0. The largest absolute Gasteiger partial charge is 0.378 e. The first-order chi connectivity index (χ1) is 6.33. The zero-order valence-corrected chi connectivity index (χ0v) is 8.59. The quantitative estimate of drug-likeness (QED) is 0.503. The van der Waals surface area contributed by atoms with Crippen LogP contribution in [0.1, 0.15) is 32.6 Å². The molecule has 76 valence electrons. The van der Waals surface area contributed by atoms with E-state index in [-0.39, 0.29) is 0 Å². The van der Waals surface area contributed by atoms with E-state index < -0.39 is 0 Å². The number of hydrogen-bond acceptors (Lipinski definition) is 2. The van der Waals surface area contributed by atoms with Crippen molar-refractivity contribution in [3.63, 3.8) is 0 Å². The van der Waals surface area contributed by atoms with Gasteiger partial charge >= 0.3 is 0 Å². The van der Waals surface area contributed by atoms with Crippen molar-refractivity contribution in [2.45, 2.75) is 44.8 Å². The molecule has 0 spiro atoms. The van der Waals surface area contributed by atoms with Crippen molar-refractivity contribution in [2.75, 3.05) is 13.2 Å². The van der Waals surface area contributed by atoms with Crippen molar-refractivity contribution in [3.8, 4) is 0 Å². The van der Waals surface area contributed by atoms with Crippen LogP contribution in [0.4, 0.5) is 0 Å². The lowest BCUT2D eigenvalue weighted by molar-refractivity contribution is 0.102. The number of rotatable bonds is 6. The van der Waals surface area contributed by atoms with E-state index >= 15 is 0 Å². The Kier molecular flexibility index (Phi) is 5.09. The van der Waals surface area contributed by atoms with Crippen LogP contribution in [0.2, 0.25) is 0 Å². The molecule has 1 saturated heterocycles. The van der Waals surface area contributed by atoms with Gasteiger partial charge in [-0.25, -0.2) is 0 Å². The van der Waals surface area contributed by atoms with Gasteiger partial charge < -0.3 is 10.1 Å². The standard InChI is InChI=1S/C11H21NO/c1-3-10(2)12-8-4-6-11-7-5-9-13-11/h3,10-12H,1,4-9H2,2H3. The Bertz CT molecular complexity index is 141. The fourth-order valence-corrected chi connectivity index (χ4v) is 1.61. The van der Waals surface area contributed by atoms with E-state index in [2.05, 4.69) is 18.8 Å². The molecule has 1 N–H and O–H groups in total. The lowest BCUT2D eigenvalue weighted by Gasteiger charge is -2.11. The maximum atomic E-state index is 5.54. The normalized spacial score (nSPS) is 24.5. The summed E-state index contributed by atoms with van der Waals surface area (Å²) in [5.41, 5.74) is 0. The summed E-state index contributed by atoms with van der Waals surface area (Å²) in [6.07, 6.45) is 7.41. The van der Waals surface area contributed by atoms with Crippen molar-refractivity contribution in [2.24, 2.45) is 0 Å². The van der Waals surface area contributed by atoms with Gasteiger partial charge in [0.1, 0.15) is 0 Å². The molecule has 0 radical (unpaired) electrons. The summed E-state index contributed by atoms with van der Waals surface area (Å²) < 4.78 is 5.54. The van der Waals surface area contributed by atoms with E-state index in [1.54, 1.807) is 0 Å². The first-order valence-corrected chi connectivity index (χ1v) is 5.30. The summed E-state index contributed by atoms with van der Waals surface area (Å²) in [6.45, 7) is 7.90. The molecule has 0 aromatic carbocycles. The fourth-order valence-electron chi connectivity index (χ4n) is 1.61. The van der Waals surface area contributed by atoms with Crippen molar-refractivity contribution in [1.82, 2.24) is 5.32 Å². The van der Waals surface area contributed by atoms with Gasteiger partial charge in [0.15, 0.2) is 0 Å². The van der Waals surface area contributed by atoms with E-state index in [4.69, 9.17) is 4.74 Å². The number of nitrogens with one attached hydrogen (secondary N) is 1. The van der Waals surface area contributed by atoms with Crippen LogP contribution in [0.25, 0.3) is 0 Å². The molecule has 0 amide bonds. The summed E-state index contributed by atoms with van der Waals surface area (Å²) in [5.74, 6) is 0. The Hall–Kier alpha value is -0.340. The SMILES string of the molecule is C=CC(C)NCCCC1CCCO1. The second kappa shape index (κ2) is 6.17. The Morgan fingerprint density at radius 2 is 2.54 bits per heavy atom. The zero-order chi connectivity index (χ0) is 9.52. The van der Waals surface area contributed by atoms with E-state index in [0.29, 0.717) is 12.1 Å². The van der Waals surface area contributed by atoms with Gasteiger partial charge in [-0.05, 0) is 39.2 Å². The third-order valence-corrected chi connectivity index (χ3v) is 2.55. The molecule has 1 aliphatic heterocycles. The highest BCUT2D eigenvalue weighted by Gasteiger charge is 2.14. The van der Waals surface area contributed by atoms with Gasteiger partial charge in [-0.15, -0.1) is 6.58 Å². The van der Waals surface area contributed by atoms with E-state index in [9.17, 15) is 0 Å². The van der Waals surface area contributed by atoms with Crippen LogP contribution >= 0.6 is 0 Å². The van der Waals surface area contributed by atoms with Gasteiger partial charge in [-0.1, -0.05) is 6.08 Å². The molecule has 13 heavy (non-hydrogen) atoms. The lowest BCUT2D eigenvalue weighted by atomic mass is 10.1. The minimum absolute atomic E-state index is 0.435. The van der Waals surface area contributed by atoms with Crippen molar-refractivity contribution in [1.29, 1.82) is 0 Å². The average Bonchev–Trinajstić information content (AvgIpc) is 2.64. The molecule has 1 rings (SSSR count). The molecule has 2 nitrogen and oxygen atoms in total. The van der Waals surface area contributed by atoms with Crippen LogP contribution in [-0.2, 0) is 4.74 Å².